The minimum absolute atomic E-state index is 0.0218. The van der Waals surface area contributed by atoms with Crippen LogP contribution in [0.2, 0.25) is 0 Å². The van der Waals surface area contributed by atoms with Crippen LogP contribution in [0.25, 0.3) is 0 Å². The van der Waals surface area contributed by atoms with E-state index in [-0.39, 0.29) is 11.8 Å². The molecule has 0 spiro atoms. The van der Waals surface area contributed by atoms with Gasteiger partial charge in [0.1, 0.15) is 5.69 Å². The van der Waals surface area contributed by atoms with Gasteiger partial charge in [-0.25, -0.2) is 4.79 Å². The minimum atomic E-state index is -0.417. The Morgan fingerprint density at radius 3 is 2.17 bits per heavy atom. The molecule has 7 nitrogen and oxygen atoms in total. The molecule has 2 rings (SSSR count). The summed E-state index contributed by atoms with van der Waals surface area (Å²) in [6, 6.07) is 0. The number of carbonyl (C=O) groups is 3. The van der Waals surface area contributed by atoms with Crippen molar-refractivity contribution in [2.24, 2.45) is 0 Å². The minimum Gasteiger partial charge on any atom is -0.462 e. The maximum atomic E-state index is 12.7. The van der Waals surface area contributed by atoms with Gasteiger partial charge in [0, 0.05) is 38.8 Å². The second-order valence-corrected chi connectivity index (χ2v) is 5.64. The molecule has 2 amide bonds. The maximum absolute atomic E-state index is 12.7. The van der Waals surface area contributed by atoms with Crippen LogP contribution in [-0.4, -0.2) is 65.4 Å². The Morgan fingerprint density at radius 2 is 1.65 bits per heavy atom. The van der Waals surface area contributed by atoms with Crippen LogP contribution in [-0.2, 0) is 9.53 Å². The Hall–Kier alpha value is -2.31. The highest BCUT2D eigenvalue weighted by Crippen LogP contribution is 2.21. The van der Waals surface area contributed by atoms with E-state index in [4.69, 9.17) is 4.74 Å². The summed E-state index contributed by atoms with van der Waals surface area (Å²) in [6.45, 7) is 9.11. The average Bonchev–Trinajstić information content (AvgIpc) is 2.81. The standard InChI is InChI=1S/C16H23N3O4/c1-5-23-16(22)13-10(2)14(17-11(13)3)15(21)19-8-6-18(7-9-19)12(4)20/h17H,5-9H2,1-4H3. The molecule has 1 fully saturated rings. The molecular weight excluding hydrogens is 298 g/mol. The first-order valence-electron chi connectivity index (χ1n) is 7.77. The van der Waals surface area contributed by atoms with E-state index < -0.39 is 5.97 Å². The predicted molar refractivity (Wildman–Crippen MR) is 84.4 cm³/mol. The van der Waals surface area contributed by atoms with E-state index in [2.05, 4.69) is 4.98 Å². The smallest absolute Gasteiger partial charge is 0.340 e. The van der Waals surface area contributed by atoms with Crippen molar-refractivity contribution in [3.63, 3.8) is 0 Å². The molecule has 0 atom stereocenters. The van der Waals surface area contributed by atoms with Crippen LogP contribution in [0.5, 0.6) is 0 Å². The zero-order chi connectivity index (χ0) is 17.1. The third-order valence-electron chi connectivity index (χ3n) is 4.14. The number of esters is 1. The number of ether oxygens (including phenoxy) is 1. The fraction of sp³-hybridized carbons (Fsp3) is 0.562. The zero-order valence-corrected chi connectivity index (χ0v) is 14.1. The van der Waals surface area contributed by atoms with E-state index in [0.717, 1.165) is 0 Å². The highest BCUT2D eigenvalue weighted by atomic mass is 16.5. The third kappa shape index (κ3) is 3.38. The molecule has 0 bridgehead atoms. The van der Waals surface area contributed by atoms with Gasteiger partial charge in [-0.15, -0.1) is 0 Å². The van der Waals surface area contributed by atoms with Gasteiger partial charge in [-0.3, -0.25) is 9.59 Å². The number of aryl methyl sites for hydroxylation is 1. The predicted octanol–water partition coefficient (Wildman–Crippen LogP) is 1.11. The Balaban J connectivity index is 2.16. The molecule has 2 heterocycles. The summed E-state index contributed by atoms with van der Waals surface area (Å²) in [5, 5.41) is 0. The monoisotopic (exact) mass is 321 g/mol. The normalized spacial score (nSPS) is 14.8. The number of hydrogen-bond donors (Lipinski definition) is 1. The maximum Gasteiger partial charge on any atom is 0.340 e. The van der Waals surface area contributed by atoms with Crippen molar-refractivity contribution in [3.8, 4) is 0 Å². The van der Waals surface area contributed by atoms with Crippen LogP contribution in [0.15, 0.2) is 0 Å². The summed E-state index contributed by atoms with van der Waals surface area (Å²) >= 11 is 0. The molecule has 23 heavy (non-hydrogen) atoms. The first kappa shape index (κ1) is 17.1. The first-order chi connectivity index (χ1) is 10.9. The number of piperazine rings is 1. The summed E-state index contributed by atoms with van der Waals surface area (Å²) in [5.74, 6) is -0.544. The van der Waals surface area contributed by atoms with E-state index in [9.17, 15) is 14.4 Å². The van der Waals surface area contributed by atoms with Crippen molar-refractivity contribution >= 4 is 17.8 Å². The molecule has 1 N–H and O–H groups in total. The Labute approximate surface area is 135 Å². The SMILES string of the molecule is CCOC(=O)c1c(C)[nH]c(C(=O)N2CCN(C(C)=O)CC2)c1C. The summed E-state index contributed by atoms with van der Waals surface area (Å²) in [4.78, 5) is 42.5. The van der Waals surface area contributed by atoms with Crippen LogP contribution >= 0.6 is 0 Å². The van der Waals surface area contributed by atoms with E-state index in [0.29, 0.717) is 55.3 Å². The zero-order valence-electron chi connectivity index (χ0n) is 14.1. The number of nitrogens with one attached hydrogen (secondary N) is 1. The van der Waals surface area contributed by atoms with Gasteiger partial charge in [-0.2, -0.15) is 0 Å². The highest BCUT2D eigenvalue weighted by molar-refractivity contribution is 6.00. The van der Waals surface area contributed by atoms with Crippen molar-refractivity contribution < 1.29 is 19.1 Å². The number of hydrogen-bond acceptors (Lipinski definition) is 4. The number of nitrogens with zero attached hydrogens (tertiary/aromatic N) is 2. The summed E-state index contributed by atoms with van der Waals surface area (Å²) < 4.78 is 5.04. The fourth-order valence-electron chi connectivity index (χ4n) is 2.86. The molecule has 1 aromatic heterocycles. The van der Waals surface area contributed by atoms with Crippen LogP contribution in [0.1, 0.15) is 46.0 Å². The van der Waals surface area contributed by atoms with Gasteiger partial charge < -0.3 is 19.5 Å². The van der Waals surface area contributed by atoms with Crippen LogP contribution in [0.3, 0.4) is 0 Å². The Kier molecular flexibility index (Phi) is 5.08. The van der Waals surface area contributed by atoms with Crippen LogP contribution in [0.4, 0.5) is 0 Å². The largest absolute Gasteiger partial charge is 0.462 e. The van der Waals surface area contributed by atoms with Crippen LogP contribution in [0, 0.1) is 13.8 Å². The lowest BCUT2D eigenvalue weighted by Gasteiger charge is -2.34. The molecular formula is C16H23N3O4. The number of aromatic amines is 1. The molecule has 0 aliphatic carbocycles. The van der Waals surface area contributed by atoms with Gasteiger partial charge in [-0.05, 0) is 26.3 Å². The van der Waals surface area contributed by atoms with Gasteiger partial charge in [0.05, 0.1) is 12.2 Å². The fourth-order valence-corrected chi connectivity index (χ4v) is 2.86. The van der Waals surface area contributed by atoms with Crippen molar-refractivity contribution in [2.75, 3.05) is 32.8 Å². The van der Waals surface area contributed by atoms with Crippen molar-refractivity contribution in [1.82, 2.24) is 14.8 Å². The lowest BCUT2D eigenvalue weighted by atomic mass is 10.1. The van der Waals surface area contributed by atoms with Gasteiger partial charge >= 0.3 is 5.97 Å². The van der Waals surface area contributed by atoms with Crippen LogP contribution < -0.4 is 0 Å². The average molecular weight is 321 g/mol. The lowest BCUT2D eigenvalue weighted by molar-refractivity contribution is -0.130. The van der Waals surface area contributed by atoms with Crippen molar-refractivity contribution in [1.29, 1.82) is 0 Å². The molecule has 1 saturated heterocycles. The van der Waals surface area contributed by atoms with Crippen molar-refractivity contribution in [3.05, 3.63) is 22.5 Å². The van der Waals surface area contributed by atoms with Gasteiger partial charge in [0.2, 0.25) is 5.91 Å². The van der Waals surface area contributed by atoms with E-state index in [1.54, 1.807) is 30.6 Å². The third-order valence-corrected chi connectivity index (χ3v) is 4.14. The van der Waals surface area contributed by atoms with Gasteiger partial charge in [0.15, 0.2) is 0 Å². The molecule has 1 aliphatic heterocycles. The van der Waals surface area contributed by atoms with E-state index in [1.165, 1.54) is 6.92 Å². The van der Waals surface area contributed by atoms with Gasteiger partial charge in [-0.1, -0.05) is 0 Å². The Morgan fingerprint density at radius 1 is 1.09 bits per heavy atom. The lowest BCUT2D eigenvalue weighted by Crippen LogP contribution is -2.50. The summed E-state index contributed by atoms with van der Waals surface area (Å²) in [5.41, 5.74) is 2.09. The number of amides is 2. The van der Waals surface area contributed by atoms with E-state index >= 15 is 0 Å². The molecule has 7 heteroatoms. The number of aromatic nitrogens is 1. The van der Waals surface area contributed by atoms with Crippen molar-refractivity contribution in [2.45, 2.75) is 27.7 Å². The molecule has 0 aromatic carbocycles. The Bertz CT molecular complexity index is 628. The molecule has 0 unspecified atom stereocenters. The van der Waals surface area contributed by atoms with Gasteiger partial charge in [0.25, 0.3) is 5.91 Å². The molecule has 1 aromatic rings. The summed E-state index contributed by atoms with van der Waals surface area (Å²) in [6.07, 6.45) is 0. The molecule has 0 saturated carbocycles. The second kappa shape index (κ2) is 6.85. The molecule has 0 radical (unpaired) electrons. The number of carbonyl (C=O) groups excluding carboxylic acids is 3. The van der Waals surface area contributed by atoms with E-state index in [1.807, 2.05) is 0 Å². The molecule has 126 valence electrons. The highest BCUT2D eigenvalue weighted by Gasteiger charge is 2.28. The quantitative estimate of drug-likeness (QED) is 0.846. The topological polar surface area (TPSA) is 82.7 Å². The molecule has 1 aliphatic rings. The number of rotatable bonds is 3. The first-order valence-corrected chi connectivity index (χ1v) is 7.77. The summed E-state index contributed by atoms with van der Waals surface area (Å²) in [7, 11) is 0. The second-order valence-electron chi connectivity index (χ2n) is 5.64. The number of H-pyrrole nitrogens is 1.